The van der Waals surface area contributed by atoms with E-state index in [1.165, 1.54) is 31.4 Å². The van der Waals surface area contributed by atoms with Crippen molar-refractivity contribution in [3.8, 4) is 0 Å². The van der Waals surface area contributed by atoms with Crippen molar-refractivity contribution in [3.63, 3.8) is 0 Å². The smallest absolute Gasteiger partial charge is 0.262 e. The van der Waals surface area contributed by atoms with Gasteiger partial charge in [0.15, 0.2) is 0 Å². The maximum Gasteiger partial charge on any atom is 0.262 e. The van der Waals surface area contributed by atoms with E-state index in [4.69, 9.17) is 10.8 Å². The van der Waals surface area contributed by atoms with E-state index in [2.05, 4.69) is 22.3 Å². The van der Waals surface area contributed by atoms with Crippen LogP contribution in [-0.4, -0.2) is 51.3 Å². The molecule has 3 N–H and O–H groups in total. The number of nitrogens with zero attached hydrogens (tertiary/aromatic N) is 3. The average Bonchev–Trinajstić information content (AvgIpc) is 3.51. The molecule has 1 aromatic heterocycles. The molecule has 9 heteroatoms. The van der Waals surface area contributed by atoms with Crippen LogP contribution in [0.15, 0.2) is 30.5 Å². The molecule has 0 spiro atoms. The molecule has 2 aliphatic carbocycles. The van der Waals surface area contributed by atoms with Gasteiger partial charge in [0, 0.05) is 30.8 Å². The van der Waals surface area contributed by atoms with Crippen LogP contribution in [0, 0.1) is 5.92 Å². The minimum atomic E-state index is -1.13. The second-order valence-electron chi connectivity index (χ2n) is 9.96. The van der Waals surface area contributed by atoms with Gasteiger partial charge in [-0.05, 0) is 75.1 Å². The zero-order valence-corrected chi connectivity index (χ0v) is 19.7. The van der Waals surface area contributed by atoms with Crippen LogP contribution in [0.2, 0.25) is 0 Å². The topological polar surface area (TPSA) is 127 Å². The molecule has 2 saturated carbocycles. The average molecular weight is 478 g/mol. The molecule has 0 bridgehead atoms. The largest absolute Gasteiger partial charge is 0.385 e. The standard InChI is InChI=1S/C26H31N5O4/c27-24(33)23(4-2-12-32)31-25(34)20-8-7-18(15-21(20)26(31)35)28-10-1-3-16-13-19(14-16)30-11-9-22(29-30)17-5-6-17/h7-9,11-12,15-17,19,23,28H,1-6,10,13-14H2,(H2,27,33). The number of nitrogens with one attached hydrogen (secondary N) is 1. The van der Waals surface area contributed by atoms with E-state index in [0.29, 0.717) is 24.2 Å². The molecule has 35 heavy (non-hydrogen) atoms. The summed E-state index contributed by atoms with van der Waals surface area (Å²) in [6, 6.07) is 6.60. The molecule has 1 aliphatic heterocycles. The predicted molar refractivity (Wildman–Crippen MR) is 129 cm³/mol. The summed E-state index contributed by atoms with van der Waals surface area (Å²) in [6.45, 7) is 0.767. The molecule has 0 saturated heterocycles. The summed E-state index contributed by atoms with van der Waals surface area (Å²) in [7, 11) is 0. The fraction of sp³-hybridized carbons (Fsp3) is 0.500. The number of imide groups is 1. The van der Waals surface area contributed by atoms with Crippen LogP contribution in [0.1, 0.15) is 89.7 Å². The number of carbonyl (C=O) groups is 4. The Hall–Kier alpha value is -3.49. The third kappa shape index (κ3) is 4.72. The number of primary amides is 1. The van der Waals surface area contributed by atoms with Gasteiger partial charge in [-0.25, -0.2) is 0 Å². The molecule has 1 atom stereocenters. The van der Waals surface area contributed by atoms with Crippen molar-refractivity contribution in [2.45, 2.75) is 69.4 Å². The quantitative estimate of drug-likeness (QED) is 0.275. The number of rotatable bonds is 12. The number of aromatic nitrogens is 2. The van der Waals surface area contributed by atoms with E-state index < -0.39 is 23.8 Å². The molecule has 3 aliphatic rings. The lowest BCUT2D eigenvalue weighted by Crippen LogP contribution is -2.47. The fourth-order valence-corrected chi connectivity index (χ4v) is 5.21. The highest BCUT2D eigenvalue weighted by Crippen LogP contribution is 2.42. The molecule has 184 valence electrons. The van der Waals surface area contributed by atoms with Crippen molar-refractivity contribution < 1.29 is 19.2 Å². The minimum absolute atomic E-state index is 0.0273. The van der Waals surface area contributed by atoms with Crippen molar-refractivity contribution >= 4 is 29.7 Å². The van der Waals surface area contributed by atoms with Crippen LogP contribution in [0.5, 0.6) is 0 Å². The number of hydrogen-bond donors (Lipinski definition) is 2. The normalized spacial score (nSPS) is 22.0. The first-order valence-electron chi connectivity index (χ1n) is 12.5. The number of benzene rings is 1. The highest BCUT2D eigenvalue weighted by Gasteiger charge is 2.42. The monoisotopic (exact) mass is 477 g/mol. The second-order valence-corrected chi connectivity index (χ2v) is 9.96. The van der Waals surface area contributed by atoms with Gasteiger partial charge in [-0.1, -0.05) is 0 Å². The van der Waals surface area contributed by atoms with Gasteiger partial charge in [-0.15, -0.1) is 0 Å². The van der Waals surface area contributed by atoms with E-state index >= 15 is 0 Å². The number of aldehydes is 1. The maximum absolute atomic E-state index is 12.9. The van der Waals surface area contributed by atoms with E-state index in [1.807, 2.05) is 0 Å². The summed E-state index contributed by atoms with van der Waals surface area (Å²) in [5, 5.41) is 8.10. The molecule has 2 heterocycles. The van der Waals surface area contributed by atoms with Gasteiger partial charge < -0.3 is 15.8 Å². The number of nitrogens with two attached hydrogens (primary N) is 1. The van der Waals surface area contributed by atoms with E-state index in [0.717, 1.165) is 30.0 Å². The highest BCUT2D eigenvalue weighted by molar-refractivity contribution is 6.23. The van der Waals surface area contributed by atoms with Gasteiger partial charge in [0.1, 0.15) is 12.3 Å². The molecular weight excluding hydrogens is 446 g/mol. The SMILES string of the molecule is NC(=O)C(CCC=O)N1C(=O)c2ccc(NCCCC3CC(n4ccc(C5CC5)n4)C3)cc2C1=O. The Morgan fingerprint density at radius 1 is 1.17 bits per heavy atom. The molecule has 9 nitrogen and oxygen atoms in total. The van der Waals surface area contributed by atoms with E-state index in [9.17, 15) is 19.2 Å². The van der Waals surface area contributed by atoms with Crippen molar-refractivity contribution in [2.24, 2.45) is 11.7 Å². The molecule has 1 unspecified atom stereocenters. The Kier molecular flexibility index (Phi) is 6.40. The van der Waals surface area contributed by atoms with Crippen LogP contribution >= 0.6 is 0 Å². The maximum atomic E-state index is 12.9. The molecule has 5 rings (SSSR count). The molecule has 0 radical (unpaired) electrons. The van der Waals surface area contributed by atoms with Crippen molar-refractivity contribution in [3.05, 3.63) is 47.3 Å². The van der Waals surface area contributed by atoms with Gasteiger partial charge in [0.05, 0.1) is 22.9 Å². The Balaban J connectivity index is 1.10. The lowest BCUT2D eigenvalue weighted by molar-refractivity contribution is -0.122. The van der Waals surface area contributed by atoms with Crippen LogP contribution < -0.4 is 11.1 Å². The number of carbonyl (C=O) groups excluding carboxylic acids is 4. The third-order valence-corrected chi connectivity index (χ3v) is 7.44. The summed E-state index contributed by atoms with van der Waals surface area (Å²) in [4.78, 5) is 49.1. The molecule has 1 aromatic carbocycles. The second kappa shape index (κ2) is 9.64. The lowest BCUT2D eigenvalue weighted by atomic mass is 9.77. The number of hydrogen-bond acceptors (Lipinski definition) is 6. The van der Waals surface area contributed by atoms with Crippen molar-refractivity contribution in [1.82, 2.24) is 14.7 Å². The molecule has 2 fully saturated rings. The highest BCUT2D eigenvalue weighted by atomic mass is 16.2. The molecule has 3 amide bonds. The number of fused-ring (bicyclic) bond motifs is 1. The first-order chi connectivity index (χ1) is 17.0. The van der Waals surface area contributed by atoms with E-state index in [1.54, 1.807) is 18.2 Å². The summed E-state index contributed by atoms with van der Waals surface area (Å²) >= 11 is 0. The van der Waals surface area contributed by atoms with E-state index in [-0.39, 0.29) is 24.0 Å². The number of anilines is 1. The zero-order valence-electron chi connectivity index (χ0n) is 19.7. The molecular formula is C26H31N5O4. The molecule has 2 aromatic rings. The zero-order chi connectivity index (χ0) is 24.5. The van der Waals surface area contributed by atoms with Crippen molar-refractivity contribution in [1.29, 1.82) is 0 Å². The summed E-state index contributed by atoms with van der Waals surface area (Å²) in [6.07, 6.45) is 9.87. The van der Waals surface area contributed by atoms with Crippen molar-refractivity contribution in [2.75, 3.05) is 11.9 Å². The summed E-state index contributed by atoms with van der Waals surface area (Å²) < 4.78 is 2.15. The first kappa shape index (κ1) is 23.3. The Morgan fingerprint density at radius 2 is 1.94 bits per heavy atom. The van der Waals surface area contributed by atoms with Crippen LogP contribution in [-0.2, 0) is 9.59 Å². The van der Waals surface area contributed by atoms with Gasteiger partial charge >= 0.3 is 0 Å². The third-order valence-electron chi connectivity index (χ3n) is 7.44. The fourth-order valence-electron chi connectivity index (χ4n) is 5.21. The Bertz CT molecular complexity index is 1150. The van der Waals surface area contributed by atoms with Crippen LogP contribution in [0.3, 0.4) is 0 Å². The van der Waals surface area contributed by atoms with Gasteiger partial charge in [-0.3, -0.25) is 24.0 Å². The Labute approximate surface area is 204 Å². The minimum Gasteiger partial charge on any atom is -0.385 e. The summed E-state index contributed by atoms with van der Waals surface area (Å²) in [5.74, 6) is -0.491. The van der Waals surface area contributed by atoms with Gasteiger partial charge in [-0.2, -0.15) is 5.10 Å². The van der Waals surface area contributed by atoms with Gasteiger partial charge in [0.2, 0.25) is 5.91 Å². The van der Waals surface area contributed by atoms with Gasteiger partial charge in [0.25, 0.3) is 11.8 Å². The lowest BCUT2D eigenvalue weighted by Gasteiger charge is -2.35. The Morgan fingerprint density at radius 3 is 2.66 bits per heavy atom. The van der Waals surface area contributed by atoms with Crippen LogP contribution in [0.25, 0.3) is 0 Å². The summed E-state index contributed by atoms with van der Waals surface area (Å²) in [5.41, 5.74) is 7.92. The van der Waals surface area contributed by atoms with Crippen LogP contribution in [0.4, 0.5) is 5.69 Å². The first-order valence-corrected chi connectivity index (χ1v) is 12.5. The number of amides is 3. The predicted octanol–water partition coefficient (Wildman–Crippen LogP) is 3.03.